The minimum Gasteiger partial charge on any atom is -0.383 e. The van der Waals surface area contributed by atoms with Crippen molar-refractivity contribution in [3.8, 4) is 0 Å². The number of benzene rings is 1. The molecule has 0 aliphatic carbocycles. The van der Waals surface area contributed by atoms with Gasteiger partial charge in [-0.25, -0.2) is 0 Å². The lowest BCUT2D eigenvalue weighted by Gasteiger charge is -2.22. The van der Waals surface area contributed by atoms with Crippen LogP contribution in [0.2, 0.25) is 0 Å². The van der Waals surface area contributed by atoms with Crippen LogP contribution < -0.4 is 5.32 Å². The van der Waals surface area contributed by atoms with Crippen LogP contribution >= 0.6 is 0 Å². The second-order valence-corrected chi connectivity index (χ2v) is 3.32. The maximum Gasteiger partial charge on any atom is 0.253 e. The molecule has 2 N–H and O–H groups in total. The van der Waals surface area contributed by atoms with Crippen molar-refractivity contribution >= 4 is 11.6 Å². The van der Waals surface area contributed by atoms with Gasteiger partial charge in [0.15, 0.2) is 0 Å². The predicted octanol–water partition coefficient (Wildman–Crippen LogP) is 0.851. The van der Waals surface area contributed by atoms with Gasteiger partial charge in [0.2, 0.25) is 0 Å². The quantitative estimate of drug-likeness (QED) is 0.617. The Morgan fingerprint density at radius 2 is 2.31 bits per heavy atom. The summed E-state index contributed by atoms with van der Waals surface area (Å²) in [5.41, 5.74) is 2.91. The van der Waals surface area contributed by atoms with Gasteiger partial charge in [0.25, 0.3) is 5.91 Å². The Balaban J connectivity index is 2.48. The SMILES string of the molecule is Cc1cccc2c1NC(=O)[C@H](O)C2. The number of hydrogen-bond acceptors (Lipinski definition) is 2. The number of para-hydroxylation sites is 1. The van der Waals surface area contributed by atoms with E-state index in [-0.39, 0.29) is 5.91 Å². The fourth-order valence-corrected chi connectivity index (χ4v) is 1.59. The number of nitrogens with one attached hydrogen (secondary N) is 1. The molecule has 1 aliphatic heterocycles. The fourth-order valence-electron chi connectivity index (χ4n) is 1.59. The first kappa shape index (κ1) is 8.26. The highest BCUT2D eigenvalue weighted by Crippen LogP contribution is 2.25. The third-order valence-corrected chi connectivity index (χ3v) is 2.32. The van der Waals surface area contributed by atoms with E-state index in [1.807, 2.05) is 25.1 Å². The summed E-state index contributed by atoms with van der Waals surface area (Å²) in [6, 6.07) is 5.79. The van der Waals surface area contributed by atoms with E-state index in [9.17, 15) is 9.90 Å². The lowest BCUT2D eigenvalue weighted by atomic mass is 9.98. The Morgan fingerprint density at radius 3 is 3.08 bits per heavy atom. The van der Waals surface area contributed by atoms with E-state index in [0.29, 0.717) is 6.42 Å². The van der Waals surface area contributed by atoms with Crippen LogP contribution in [-0.4, -0.2) is 17.1 Å². The van der Waals surface area contributed by atoms with Crippen LogP contribution in [-0.2, 0) is 11.2 Å². The van der Waals surface area contributed by atoms with Crippen LogP contribution in [0.1, 0.15) is 11.1 Å². The minimum atomic E-state index is -0.894. The highest BCUT2D eigenvalue weighted by Gasteiger charge is 2.24. The molecule has 1 aromatic carbocycles. The Bertz CT molecular complexity index is 360. The van der Waals surface area contributed by atoms with Crippen LogP contribution in [0, 0.1) is 6.92 Å². The van der Waals surface area contributed by atoms with Gasteiger partial charge in [-0.15, -0.1) is 0 Å². The predicted molar refractivity (Wildman–Crippen MR) is 49.5 cm³/mol. The average molecular weight is 177 g/mol. The molecule has 0 spiro atoms. The van der Waals surface area contributed by atoms with Gasteiger partial charge in [-0.2, -0.15) is 0 Å². The van der Waals surface area contributed by atoms with E-state index in [4.69, 9.17) is 0 Å². The van der Waals surface area contributed by atoms with Gasteiger partial charge in [0, 0.05) is 12.1 Å². The summed E-state index contributed by atoms with van der Waals surface area (Å²) in [5.74, 6) is -0.304. The first-order valence-corrected chi connectivity index (χ1v) is 4.26. The molecule has 1 atom stereocenters. The molecular formula is C10H11NO2. The van der Waals surface area contributed by atoms with Crippen LogP contribution in [0.25, 0.3) is 0 Å². The maximum atomic E-state index is 11.1. The van der Waals surface area contributed by atoms with Crippen LogP contribution in [0.15, 0.2) is 18.2 Å². The summed E-state index contributed by atoms with van der Waals surface area (Å²) < 4.78 is 0. The molecule has 2 rings (SSSR count). The number of anilines is 1. The summed E-state index contributed by atoms with van der Waals surface area (Å²) in [4.78, 5) is 11.1. The molecule has 3 heteroatoms. The molecule has 0 fully saturated rings. The van der Waals surface area contributed by atoms with Crippen molar-refractivity contribution < 1.29 is 9.90 Å². The number of carbonyl (C=O) groups excluding carboxylic acids is 1. The second kappa shape index (κ2) is 2.85. The number of fused-ring (bicyclic) bond motifs is 1. The first-order valence-electron chi connectivity index (χ1n) is 4.26. The molecule has 0 bridgehead atoms. The zero-order valence-corrected chi connectivity index (χ0v) is 7.37. The monoisotopic (exact) mass is 177 g/mol. The Morgan fingerprint density at radius 1 is 1.54 bits per heavy atom. The third-order valence-electron chi connectivity index (χ3n) is 2.32. The summed E-state index contributed by atoms with van der Waals surface area (Å²) in [6.45, 7) is 1.94. The number of carbonyl (C=O) groups is 1. The third kappa shape index (κ3) is 1.31. The molecule has 1 aliphatic rings. The largest absolute Gasteiger partial charge is 0.383 e. The molecule has 0 unspecified atom stereocenters. The molecule has 0 radical (unpaired) electrons. The van der Waals surface area contributed by atoms with Crippen molar-refractivity contribution in [1.29, 1.82) is 0 Å². The van der Waals surface area contributed by atoms with E-state index in [1.54, 1.807) is 0 Å². The number of aryl methyl sites for hydroxylation is 1. The smallest absolute Gasteiger partial charge is 0.253 e. The molecule has 1 amide bonds. The van der Waals surface area contributed by atoms with Crippen molar-refractivity contribution in [3.05, 3.63) is 29.3 Å². The van der Waals surface area contributed by atoms with Gasteiger partial charge in [0.1, 0.15) is 6.10 Å². The Kier molecular flexibility index (Phi) is 1.81. The molecule has 68 valence electrons. The number of hydrogen-bond donors (Lipinski definition) is 2. The molecule has 1 aromatic rings. The number of aliphatic hydroxyl groups excluding tert-OH is 1. The zero-order chi connectivity index (χ0) is 9.42. The van der Waals surface area contributed by atoms with Crippen molar-refractivity contribution in [3.63, 3.8) is 0 Å². The van der Waals surface area contributed by atoms with E-state index >= 15 is 0 Å². The van der Waals surface area contributed by atoms with Crippen molar-refractivity contribution in [2.24, 2.45) is 0 Å². The van der Waals surface area contributed by atoms with Crippen LogP contribution in [0.5, 0.6) is 0 Å². The van der Waals surface area contributed by atoms with E-state index < -0.39 is 6.10 Å². The van der Waals surface area contributed by atoms with Gasteiger partial charge < -0.3 is 10.4 Å². The highest BCUT2D eigenvalue weighted by atomic mass is 16.3. The normalized spacial score (nSPS) is 20.8. The van der Waals surface area contributed by atoms with Crippen molar-refractivity contribution in [1.82, 2.24) is 0 Å². The van der Waals surface area contributed by atoms with Gasteiger partial charge in [-0.1, -0.05) is 18.2 Å². The summed E-state index contributed by atoms with van der Waals surface area (Å²) in [5, 5.41) is 12.0. The molecule has 1 heterocycles. The maximum absolute atomic E-state index is 11.1. The highest BCUT2D eigenvalue weighted by molar-refractivity contribution is 5.97. The van der Waals surface area contributed by atoms with Gasteiger partial charge in [0.05, 0.1) is 0 Å². The number of rotatable bonds is 0. The van der Waals surface area contributed by atoms with Gasteiger partial charge in [-0.3, -0.25) is 4.79 Å². The molecule has 0 saturated heterocycles. The standard InChI is InChI=1S/C10H11NO2/c1-6-3-2-4-7-5-8(12)10(13)11-9(6)7/h2-4,8,12H,5H2,1H3,(H,11,13)/t8-/m1/s1. The first-order chi connectivity index (χ1) is 6.18. The topological polar surface area (TPSA) is 49.3 Å². The molecule has 0 aromatic heterocycles. The summed E-state index contributed by atoms with van der Waals surface area (Å²) in [6.07, 6.45) is -0.475. The molecule has 13 heavy (non-hydrogen) atoms. The summed E-state index contributed by atoms with van der Waals surface area (Å²) in [7, 11) is 0. The number of aliphatic hydroxyl groups is 1. The summed E-state index contributed by atoms with van der Waals surface area (Å²) >= 11 is 0. The fraction of sp³-hybridized carbons (Fsp3) is 0.300. The Labute approximate surface area is 76.4 Å². The molecule has 0 saturated carbocycles. The van der Waals surface area contributed by atoms with Gasteiger partial charge >= 0.3 is 0 Å². The number of amides is 1. The van der Waals surface area contributed by atoms with Crippen molar-refractivity contribution in [2.45, 2.75) is 19.4 Å². The van der Waals surface area contributed by atoms with E-state index in [1.165, 1.54) is 0 Å². The second-order valence-electron chi connectivity index (χ2n) is 3.32. The van der Waals surface area contributed by atoms with Crippen molar-refractivity contribution in [2.75, 3.05) is 5.32 Å². The minimum absolute atomic E-state index is 0.304. The average Bonchev–Trinajstić information content (AvgIpc) is 2.09. The van der Waals surface area contributed by atoms with Crippen LogP contribution in [0.3, 0.4) is 0 Å². The molecular weight excluding hydrogens is 166 g/mol. The lowest BCUT2D eigenvalue weighted by molar-refractivity contribution is -0.124. The van der Waals surface area contributed by atoms with E-state index in [0.717, 1.165) is 16.8 Å². The lowest BCUT2D eigenvalue weighted by Crippen LogP contribution is -2.34. The van der Waals surface area contributed by atoms with Crippen LogP contribution in [0.4, 0.5) is 5.69 Å². The Hall–Kier alpha value is -1.35. The van der Waals surface area contributed by atoms with Gasteiger partial charge in [-0.05, 0) is 18.1 Å². The van der Waals surface area contributed by atoms with E-state index in [2.05, 4.69) is 5.32 Å². The zero-order valence-electron chi connectivity index (χ0n) is 7.37. The molecule has 3 nitrogen and oxygen atoms in total.